The smallest absolute Gasteiger partial charge is 0.234 e. The summed E-state index contributed by atoms with van der Waals surface area (Å²) in [5.41, 5.74) is 8.70. The van der Waals surface area contributed by atoms with E-state index in [1.54, 1.807) is 25.3 Å². The first-order valence-electron chi connectivity index (χ1n) is 11.0. The number of methoxy groups -OCH3 is 1. The van der Waals surface area contributed by atoms with Crippen LogP contribution in [0.25, 0.3) is 0 Å². The normalized spacial score (nSPS) is 23.8. The van der Waals surface area contributed by atoms with Crippen LogP contribution in [0.4, 0.5) is 5.69 Å². The number of nitrogens with zero attached hydrogens (tertiary/aromatic N) is 3. The van der Waals surface area contributed by atoms with Gasteiger partial charge in [-0.2, -0.15) is 5.10 Å². The molecule has 6 rings (SSSR count). The van der Waals surface area contributed by atoms with E-state index in [0.717, 1.165) is 17.3 Å². The van der Waals surface area contributed by atoms with Gasteiger partial charge in [0, 0.05) is 24.2 Å². The summed E-state index contributed by atoms with van der Waals surface area (Å²) in [7, 11) is 1.67. The highest BCUT2D eigenvalue weighted by molar-refractivity contribution is 8.14. The third kappa shape index (κ3) is 3.86. The Hall–Kier alpha value is -3.57. The zero-order chi connectivity index (χ0) is 23.1. The lowest BCUT2D eigenvalue weighted by Gasteiger charge is -2.36. The minimum Gasteiger partial charge on any atom is -0.497 e. The molecular weight excluding hydrogens is 456 g/mol. The van der Waals surface area contributed by atoms with Crippen molar-refractivity contribution in [3.63, 3.8) is 0 Å². The van der Waals surface area contributed by atoms with Crippen LogP contribution in [0.1, 0.15) is 18.0 Å². The van der Waals surface area contributed by atoms with Gasteiger partial charge in [-0.3, -0.25) is 10.2 Å². The molecule has 11 heteroatoms. The molecule has 10 nitrogen and oxygen atoms in total. The van der Waals surface area contributed by atoms with Gasteiger partial charge < -0.3 is 29.4 Å². The maximum Gasteiger partial charge on any atom is 0.234 e. The molecule has 34 heavy (non-hydrogen) atoms. The van der Waals surface area contributed by atoms with E-state index in [9.17, 15) is 4.79 Å². The number of hydrazone groups is 1. The van der Waals surface area contributed by atoms with Crippen LogP contribution in [0.3, 0.4) is 0 Å². The van der Waals surface area contributed by atoms with E-state index in [0.29, 0.717) is 17.2 Å². The fraction of sp³-hybridized carbons (Fsp3) is 0.304. The molecule has 4 aliphatic heterocycles. The van der Waals surface area contributed by atoms with Gasteiger partial charge in [0.15, 0.2) is 16.7 Å². The summed E-state index contributed by atoms with van der Waals surface area (Å²) in [5, 5.41) is 10.3. The van der Waals surface area contributed by atoms with E-state index < -0.39 is 0 Å². The number of anilines is 1. The number of hydrazine groups is 1. The van der Waals surface area contributed by atoms with E-state index in [1.165, 1.54) is 17.3 Å². The molecular formula is C23H24N6O4S. The second-order valence-corrected chi connectivity index (χ2v) is 9.19. The predicted octanol–water partition coefficient (Wildman–Crippen LogP) is 2.40. The van der Waals surface area contributed by atoms with Crippen molar-refractivity contribution >= 4 is 28.5 Å². The fourth-order valence-electron chi connectivity index (χ4n) is 4.50. The number of amidine groups is 1. The predicted molar refractivity (Wildman–Crippen MR) is 128 cm³/mol. The van der Waals surface area contributed by atoms with Crippen LogP contribution in [0.15, 0.2) is 60.0 Å². The van der Waals surface area contributed by atoms with E-state index in [1.807, 2.05) is 24.5 Å². The number of benzene rings is 2. The van der Waals surface area contributed by atoms with E-state index >= 15 is 0 Å². The van der Waals surface area contributed by atoms with Crippen molar-refractivity contribution in [2.45, 2.75) is 24.7 Å². The Balaban J connectivity index is 1.05. The molecule has 176 valence electrons. The Bertz CT molecular complexity index is 1160. The van der Waals surface area contributed by atoms with Gasteiger partial charge in [0.05, 0.1) is 24.9 Å². The van der Waals surface area contributed by atoms with Gasteiger partial charge in [0.25, 0.3) is 0 Å². The van der Waals surface area contributed by atoms with Crippen LogP contribution in [0, 0.1) is 0 Å². The van der Waals surface area contributed by atoms with Crippen molar-refractivity contribution in [1.29, 1.82) is 0 Å². The molecule has 3 atom stereocenters. The third-order valence-corrected chi connectivity index (χ3v) is 7.18. The highest BCUT2D eigenvalue weighted by Gasteiger charge is 2.44. The van der Waals surface area contributed by atoms with Gasteiger partial charge >= 0.3 is 0 Å². The number of ether oxygens (including phenoxy) is 3. The first kappa shape index (κ1) is 21.0. The minimum absolute atomic E-state index is 0.000157. The van der Waals surface area contributed by atoms with Crippen LogP contribution in [0.2, 0.25) is 0 Å². The Morgan fingerprint density at radius 1 is 1.21 bits per heavy atom. The first-order chi connectivity index (χ1) is 16.7. The number of rotatable bonds is 5. The van der Waals surface area contributed by atoms with Crippen LogP contribution < -0.4 is 30.4 Å². The fourth-order valence-corrected chi connectivity index (χ4v) is 5.28. The van der Waals surface area contributed by atoms with E-state index in [-0.39, 0.29) is 36.7 Å². The van der Waals surface area contributed by atoms with Crippen LogP contribution >= 0.6 is 11.8 Å². The van der Waals surface area contributed by atoms with Crippen molar-refractivity contribution in [2.24, 2.45) is 5.10 Å². The van der Waals surface area contributed by atoms with Gasteiger partial charge in [-0.05, 0) is 36.2 Å². The molecule has 0 aromatic heterocycles. The van der Waals surface area contributed by atoms with Crippen molar-refractivity contribution in [3.05, 3.63) is 60.4 Å². The van der Waals surface area contributed by atoms with Crippen molar-refractivity contribution in [3.8, 4) is 17.2 Å². The van der Waals surface area contributed by atoms with Crippen molar-refractivity contribution < 1.29 is 19.0 Å². The van der Waals surface area contributed by atoms with Crippen LogP contribution in [-0.2, 0) is 4.79 Å². The van der Waals surface area contributed by atoms with Gasteiger partial charge in [-0.1, -0.05) is 23.9 Å². The molecule has 3 N–H and O–H groups in total. The summed E-state index contributed by atoms with van der Waals surface area (Å²) in [4.78, 5) is 14.6. The topological polar surface area (TPSA) is 99.7 Å². The number of hydrogen-bond acceptors (Lipinski definition) is 10. The van der Waals surface area contributed by atoms with Gasteiger partial charge in [0.1, 0.15) is 11.9 Å². The maximum atomic E-state index is 12.5. The molecule has 0 spiro atoms. The van der Waals surface area contributed by atoms with Crippen LogP contribution in [0.5, 0.6) is 17.2 Å². The summed E-state index contributed by atoms with van der Waals surface area (Å²) in [6.45, 7) is 0.203. The molecule has 0 bridgehead atoms. The summed E-state index contributed by atoms with van der Waals surface area (Å²) in [5.74, 6) is 2.30. The van der Waals surface area contributed by atoms with Gasteiger partial charge in [-0.25, -0.2) is 5.43 Å². The molecule has 3 unspecified atom stereocenters. The third-order valence-electron chi connectivity index (χ3n) is 6.21. The average molecular weight is 481 g/mol. The maximum absolute atomic E-state index is 12.5. The summed E-state index contributed by atoms with van der Waals surface area (Å²) >= 11 is 1.40. The van der Waals surface area contributed by atoms with E-state index in [2.05, 4.69) is 43.3 Å². The number of hydrogen-bond donors (Lipinski definition) is 3. The summed E-state index contributed by atoms with van der Waals surface area (Å²) in [6, 6.07) is 13.9. The minimum atomic E-state index is -0.111. The Kier molecular flexibility index (Phi) is 5.34. The number of thioether (sulfide) groups is 1. The Labute approximate surface area is 200 Å². The standard InChI is InChI=1S/C23H24N6O4S/c1-31-16-5-2-14(3-6-16)17-11-18-22-25-26-23(28(22)8-9-29(18)27-17)34-12-21(30)24-15-4-7-19-20(10-15)33-13-32-19/h2-10,17-18,22,25,27H,11-13H2,1H3,(H,24,30). The van der Waals surface area contributed by atoms with Gasteiger partial charge in [0.2, 0.25) is 12.7 Å². The summed E-state index contributed by atoms with van der Waals surface area (Å²) < 4.78 is 15.9. The highest BCUT2D eigenvalue weighted by Crippen LogP contribution is 2.36. The van der Waals surface area contributed by atoms with Crippen molar-refractivity contribution in [2.75, 3.05) is 25.0 Å². The molecule has 2 aromatic rings. The molecule has 2 aromatic carbocycles. The largest absolute Gasteiger partial charge is 0.497 e. The first-order valence-corrected chi connectivity index (χ1v) is 12.0. The summed E-state index contributed by atoms with van der Waals surface area (Å²) in [6.07, 6.45) is 4.94. The lowest BCUT2D eigenvalue weighted by atomic mass is 10.00. The molecule has 1 fully saturated rings. The molecule has 1 amide bonds. The Morgan fingerprint density at radius 3 is 2.91 bits per heavy atom. The molecule has 0 aliphatic carbocycles. The quantitative estimate of drug-likeness (QED) is 0.596. The van der Waals surface area contributed by atoms with Crippen molar-refractivity contribution in [1.82, 2.24) is 20.8 Å². The average Bonchev–Trinajstić information content (AvgIpc) is 3.60. The van der Waals surface area contributed by atoms with E-state index in [4.69, 9.17) is 14.2 Å². The number of carbonyl (C=O) groups excluding carboxylic acids is 1. The van der Waals surface area contributed by atoms with Gasteiger partial charge in [-0.15, -0.1) is 0 Å². The lowest BCUT2D eigenvalue weighted by molar-refractivity contribution is -0.113. The van der Waals surface area contributed by atoms with Crippen LogP contribution in [-0.4, -0.2) is 52.8 Å². The lowest BCUT2D eigenvalue weighted by Crippen LogP contribution is -2.54. The monoisotopic (exact) mass is 480 g/mol. The zero-order valence-corrected chi connectivity index (χ0v) is 19.2. The Morgan fingerprint density at radius 2 is 2.06 bits per heavy atom. The molecule has 4 aliphatic rings. The molecule has 0 radical (unpaired) electrons. The number of nitrogens with one attached hydrogen (secondary N) is 3. The molecule has 1 saturated heterocycles. The zero-order valence-electron chi connectivity index (χ0n) is 18.4. The number of fused-ring (bicyclic) bond motifs is 4. The second-order valence-electron chi connectivity index (χ2n) is 8.24. The number of amides is 1. The molecule has 4 heterocycles. The highest BCUT2D eigenvalue weighted by atomic mass is 32.2. The second kappa shape index (κ2) is 8.65. The SMILES string of the molecule is COc1ccc(C2CC3C4NN=C(SCC(=O)Nc5ccc6c(c5)OCO6)N4C=CN3N2)cc1. The number of carbonyl (C=O) groups is 1. The molecule has 0 saturated carbocycles.